The molecule has 4 N–H and O–H groups in total. The quantitative estimate of drug-likeness (QED) is 0.593. The van der Waals surface area contributed by atoms with E-state index in [0.29, 0.717) is 5.56 Å². The average Bonchev–Trinajstić information content (AvgIpc) is 2.41. The highest BCUT2D eigenvalue weighted by atomic mass is 79.9. The summed E-state index contributed by atoms with van der Waals surface area (Å²) in [5, 5.41) is 2.92. The minimum Gasteiger partial charge on any atom is -0.324 e. The summed E-state index contributed by atoms with van der Waals surface area (Å²) in [5.41, 5.74) is 6.65. The zero-order valence-electron chi connectivity index (χ0n) is 11.3. The topological polar surface area (TPSA) is 67.2 Å². The van der Waals surface area contributed by atoms with Crippen LogP contribution >= 0.6 is 15.9 Å². The van der Waals surface area contributed by atoms with E-state index in [-0.39, 0.29) is 5.91 Å². The van der Waals surface area contributed by atoms with Gasteiger partial charge in [-0.25, -0.2) is 0 Å². The molecule has 0 radical (unpaired) electrons. The highest BCUT2D eigenvalue weighted by molar-refractivity contribution is 9.10. The van der Waals surface area contributed by atoms with Crippen molar-refractivity contribution in [1.82, 2.24) is 0 Å². The number of benzene rings is 2. The molecule has 0 aliphatic carbocycles. The van der Waals surface area contributed by atoms with Crippen LogP contribution in [0.5, 0.6) is 0 Å². The highest BCUT2D eigenvalue weighted by Gasteiger charge is 2.11. The van der Waals surface area contributed by atoms with Gasteiger partial charge in [0.05, 0.1) is 0 Å². The average molecular weight is 334 g/mol. The molecule has 0 heterocycles. The highest BCUT2D eigenvalue weighted by Crippen LogP contribution is 2.22. The van der Waals surface area contributed by atoms with Crippen molar-refractivity contribution < 1.29 is 4.79 Å². The largest absolute Gasteiger partial charge is 0.324 e. The second-order valence-electron chi connectivity index (χ2n) is 4.59. The summed E-state index contributed by atoms with van der Waals surface area (Å²) in [7, 11) is 0. The molecule has 2 aromatic rings. The summed E-state index contributed by atoms with van der Waals surface area (Å²) in [5.74, 6) is 5.22. The van der Waals surface area contributed by atoms with Crippen molar-refractivity contribution in [2.75, 3.05) is 10.7 Å². The molecule has 0 atom stereocenters. The lowest BCUT2D eigenvalue weighted by molar-refractivity contribution is 0.102. The first kappa shape index (κ1) is 14.6. The summed E-state index contributed by atoms with van der Waals surface area (Å²) < 4.78 is 0.988. The number of amides is 1. The molecule has 1 amide bonds. The molecule has 104 valence electrons. The van der Waals surface area contributed by atoms with Crippen LogP contribution in [0.1, 0.15) is 21.5 Å². The molecule has 0 bridgehead atoms. The Morgan fingerprint density at radius 2 is 1.85 bits per heavy atom. The summed E-state index contributed by atoms with van der Waals surface area (Å²) >= 11 is 3.40. The molecule has 0 saturated heterocycles. The second kappa shape index (κ2) is 6.07. The number of nitrogens with one attached hydrogen (secondary N) is 2. The van der Waals surface area contributed by atoms with Gasteiger partial charge in [0, 0.05) is 21.4 Å². The van der Waals surface area contributed by atoms with Gasteiger partial charge in [0.1, 0.15) is 0 Å². The predicted octanol–water partition coefficient (Wildman–Crippen LogP) is 3.60. The Hall–Kier alpha value is -1.85. The van der Waals surface area contributed by atoms with Gasteiger partial charge in [0.25, 0.3) is 5.91 Å². The first-order valence-corrected chi connectivity index (χ1v) is 6.95. The molecule has 5 heteroatoms. The van der Waals surface area contributed by atoms with Crippen LogP contribution in [0.2, 0.25) is 0 Å². The molecular formula is C15H16BrN3O. The van der Waals surface area contributed by atoms with Crippen LogP contribution in [-0.4, -0.2) is 5.91 Å². The molecule has 20 heavy (non-hydrogen) atoms. The van der Waals surface area contributed by atoms with Crippen LogP contribution in [0.25, 0.3) is 0 Å². The Balaban J connectivity index is 2.24. The van der Waals surface area contributed by atoms with Gasteiger partial charge in [0.2, 0.25) is 0 Å². The van der Waals surface area contributed by atoms with Crippen LogP contribution in [-0.2, 0) is 0 Å². The van der Waals surface area contributed by atoms with Crippen LogP contribution in [0, 0.1) is 13.8 Å². The van der Waals surface area contributed by atoms with Crippen molar-refractivity contribution in [1.29, 1.82) is 0 Å². The predicted molar refractivity (Wildman–Crippen MR) is 85.8 cm³/mol. The molecule has 0 aliphatic heterocycles. The Bertz CT molecular complexity index is 656. The van der Waals surface area contributed by atoms with Crippen LogP contribution in [0.15, 0.2) is 40.9 Å². The van der Waals surface area contributed by atoms with Gasteiger partial charge in [-0.15, -0.1) is 0 Å². The van der Waals surface area contributed by atoms with E-state index in [9.17, 15) is 4.79 Å². The summed E-state index contributed by atoms with van der Waals surface area (Å²) in [6.45, 7) is 3.83. The number of aryl methyl sites for hydroxylation is 2. The number of hydrogen-bond acceptors (Lipinski definition) is 3. The number of halogens is 1. The number of carbonyl (C=O) groups is 1. The van der Waals surface area contributed by atoms with Gasteiger partial charge < -0.3 is 10.7 Å². The van der Waals surface area contributed by atoms with Crippen molar-refractivity contribution in [2.24, 2.45) is 5.84 Å². The van der Waals surface area contributed by atoms with E-state index in [1.165, 1.54) is 0 Å². The number of carbonyl (C=O) groups excluding carboxylic acids is 1. The maximum absolute atomic E-state index is 12.3. The van der Waals surface area contributed by atoms with E-state index >= 15 is 0 Å². The molecule has 0 fully saturated rings. The van der Waals surface area contributed by atoms with Crippen molar-refractivity contribution in [2.45, 2.75) is 13.8 Å². The van der Waals surface area contributed by atoms with E-state index < -0.39 is 0 Å². The third kappa shape index (κ3) is 3.18. The fourth-order valence-electron chi connectivity index (χ4n) is 1.97. The number of hydrogen-bond donors (Lipinski definition) is 3. The van der Waals surface area contributed by atoms with Crippen molar-refractivity contribution in [3.63, 3.8) is 0 Å². The monoisotopic (exact) mass is 333 g/mol. The maximum atomic E-state index is 12.3. The van der Waals surface area contributed by atoms with Crippen LogP contribution in [0.4, 0.5) is 11.4 Å². The lowest BCUT2D eigenvalue weighted by Crippen LogP contribution is -2.15. The SMILES string of the molecule is Cc1cc(Br)ccc1NC(=O)c1ccc(NN)cc1C. The molecule has 2 aromatic carbocycles. The number of nitrogens with two attached hydrogens (primary N) is 1. The minimum absolute atomic E-state index is 0.128. The fraction of sp³-hybridized carbons (Fsp3) is 0.133. The van der Waals surface area contributed by atoms with Crippen LogP contribution in [0.3, 0.4) is 0 Å². The first-order valence-electron chi connectivity index (χ1n) is 6.16. The number of nitrogen functional groups attached to an aromatic ring is 1. The fourth-order valence-corrected chi connectivity index (χ4v) is 2.44. The molecule has 0 spiro atoms. The Kier molecular flexibility index (Phi) is 4.42. The van der Waals surface area contributed by atoms with Gasteiger partial charge in [0.15, 0.2) is 0 Å². The third-order valence-electron chi connectivity index (χ3n) is 3.07. The summed E-state index contributed by atoms with van der Waals surface area (Å²) in [6, 6.07) is 11.1. The normalized spacial score (nSPS) is 10.2. The lowest BCUT2D eigenvalue weighted by Gasteiger charge is -2.11. The van der Waals surface area contributed by atoms with Crippen molar-refractivity contribution in [3.8, 4) is 0 Å². The van der Waals surface area contributed by atoms with Gasteiger partial charge in [-0.1, -0.05) is 15.9 Å². The van der Waals surface area contributed by atoms with E-state index in [1.54, 1.807) is 12.1 Å². The number of rotatable bonds is 3. The van der Waals surface area contributed by atoms with E-state index in [0.717, 1.165) is 27.0 Å². The summed E-state index contributed by atoms with van der Waals surface area (Å²) in [6.07, 6.45) is 0. The Morgan fingerprint density at radius 1 is 1.10 bits per heavy atom. The molecule has 0 unspecified atom stereocenters. The van der Waals surface area contributed by atoms with E-state index in [1.807, 2.05) is 38.1 Å². The van der Waals surface area contributed by atoms with Gasteiger partial charge in [-0.2, -0.15) is 0 Å². The molecule has 0 aliphatic rings. The smallest absolute Gasteiger partial charge is 0.255 e. The molecule has 0 saturated carbocycles. The molecule has 4 nitrogen and oxygen atoms in total. The third-order valence-corrected chi connectivity index (χ3v) is 3.57. The first-order chi connectivity index (χ1) is 9.51. The van der Waals surface area contributed by atoms with Crippen LogP contribution < -0.4 is 16.6 Å². The Labute approximate surface area is 126 Å². The van der Waals surface area contributed by atoms with E-state index in [2.05, 4.69) is 26.7 Å². The van der Waals surface area contributed by atoms with Gasteiger partial charge in [-0.05, 0) is 61.4 Å². The zero-order valence-corrected chi connectivity index (χ0v) is 12.9. The maximum Gasteiger partial charge on any atom is 0.255 e. The van der Waals surface area contributed by atoms with Crippen molar-refractivity contribution >= 4 is 33.2 Å². The van der Waals surface area contributed by atoms with Gasteiger partial charge >= 0.3 is 0 Å². The lowest BCUT2D eigenvalue weighted by atomic mass is 10.1. The minimum atomic E-state index is -0.128. The summed E-state index contributed by atoms with van der Waals surface area (Å²) in [4.78, 5) is 12.3. The van der Waals surface area contributed by atoms with Gasteiger partial charge in [-0.3, -0.25) is 10.6 Å². The number of hydrazine groups is 1. The van der Waals surface area contributed by atoms with E-state index in [4.69, 9.17) is 5.84 Å². The molecule has 2 rings (SSSR count). The Morgan fingerprint density at radius 3 is 2.45 bits per heavy atom. The second-order valence-corrected chi connectivity index (χ2v) is 5.50. The molecule has 0 aromatic heterocycles. The standard InChI is InChI=1S/C15H16BrN3O/c1-9-8-12(19-17)4-5-13(9)15(20)18-14-6-3-11(16)7-10(14)2/h3-8,19H,17H2,1-2H3,(H,18,20). The number of anilines is 2. The molecular weight excluding hydrogens is 318 g/mol. The van der Waals surface area contributed by atoms with Crippen molar-refractivity contribution in [3.05, 3.63) is 57.6 Å². The zero-order chi connectivity index (χ0) is 14.7.